The van der Waals surface area contributed by atoms with E-state index in [1.165, 1.54) is 0 Å². The van der Waals surface area contributed by atoms with E-state index in [2.05, 4.69) is 31.0 Å². The molecule has 0 aromatic heterocycles. The highest BCUT2D eigenvalue weighted by molar-refractivity contribution is 5.94. The van der Waals surface area contributed by atoms with Gasteiger partial charge < -0.3 is 11.1 Å². The highest BCUT2D eigenvalue weighted by Gasteiger charge is 2.23. The molecule has 4 heteroatoms. The SMILES string of the molecule is CC(C)C(C)N(C)C(C)C(=O)Nc1cccc(CN)c1. The summed E-state index contributed by atoms with van der Waals surface area (Å²) in [4.78, 5) is 14.4. The fraction of sp³-hybridized carbons (Fsp3) is 0.562. The number of anilines is 1. The largest absolute Gasteiger partial charge is 0.326 e. The second-order valence-electron chi connectivity index (χ2n) is 5.72. The lowest BCUT2D eigenvalue weighted by atomic mass is 10.0. The van der Waals surface area contributed by atoms with Crippen LogP contribution in [0.25, 0.3) is 0 Å². The van der Waals surface area contributed by atoms with Crippen LogP contribution >= 0.6 is 0 Å². The molecular formula is C16H27N3O. The van der Waals surface area contributed by atoms with Gasteiger partial charge in [-0.25, -0.2) is 0 Å². The van der Waals surface area contributed by atoms with Gasteiger partial charge in [-0.15, -0.1) is 0 Å². The molecule has 112 valence electrons. The van der Waals surface area contributed by atoms with Gasteiger partial charge in [0.25, 0.3) is 0 Å². The number of nitrogens with one attached hydrogen (secondary N) is 1. The zero-order chi connectivity index (χ0) is 15.3. The zero-order valence-electron chi connectivity index (χ0n) is 13.2. The highest BCUT2D eigenvalue weighted by Crippen LogP contribution is 2.14. The van der Waals surface area contributed by atoms with E-state index < -0.39 is 0 Å². The van der Waals surface area contributed by atoms with Gasteiger partial charge in [0.1, 0.15) is 0 Å². The minimum atomic E-state index is -0.172. The first-order valence-electron chi connectivity index (χ1n) is 7.18. The maximum absolute atomic E-state index is 12.3. The van der Waals surface area contributed by atoms with Crippen LogP contribution in [-0.4, -0.2) is 29.9 Å². The van der Waals surface area contributed by atoms with Gasteiger partial charge in [-0.05, 0) is 44.5 Å². The molecule has 0 bridgehead atoms. The molecule has 2 unspecified atom stereocenters. The van der Waals surface area contributed by atoms with Crippen molar-refractivity contribution in [3.63, 3.8) is 0 Å². The number of rotatable bonds is 6. The summed E-state index contributed by atoms with van der Waals surface area (Å²) in [6.45, 7) is 8.88. The lowest BCUT2D eigenvalue weighted by Crippen LogP contribution is -2.46. The minimum Gasteiger partial charge on any atom is -0.326 e. The van der Waals surface area contributed by atoms with Crippen molar-refractivity contribution in [2.45, 2.75) is 46.3 Å². The van der Waals surface area contributed by atoms with Gasteiger partial charge >= 0.3 is 0 Å². The first-order valence-corrected chi connectivity index (χ1v) is 7.18. The van der Waals surface area contributed by atoms with Crippen LogP contribution in [0.2, 0.25) is 0 Å². The fourth-order valence-corrected chi connectivity index (χ4v) is 2.03. The minimum absolute atomic E-state index is 0.00849. The molecule has 1 rings (SSSR count). The summed E-state index contributed by atoms with van der Waals surface area (Å²) < 4.78 is 0. The molecule has 2 atom stereocenters. The number of nitrogens with zero attached hydrogens (tertiary/aromatic N) is 1. The first-order chi connectivity index (χ1) is 9.36. The third-order valence-electron chi connectivity index (χ3n) is 4.03. The Morgan fingerprint density at radius 2 is 1.95 bits per heavy atom. The summed E-state index contributed by atoms with van der Waals surface area (Å²) in [5.74, 6) is 0.519. The average molecular weight is 277 g/mol. The van der Waals surface area contributed by atoms with E-state index in [0.29, 0.717) is 18.5 Å². The van der Waals surface area contributed by atoms with Crippen molar-refractivity contribution in [1.29, 1.82) is 0 Å². The molecule has 0 fully saturated rings. The zero-order valence-corrected chi connectivity index (χ0v) is 13.2. The number of nitrogens with two attached hydrogens (primary N) is 1. The van der Waals surface area contributed by atoms with Crippen molar-refractivity contribution >= 4 is 11.6 Å². The normalized spacial score (nSPS) is 14.4. The van der Waals surface area contributed by atoms with E-state index in [1.54, 1.807) is 0 Å². The Bertz CT molecular complexity index is 445. The molecular weight excluding hydrogens is 250 g/mol. The molecule has 3 N–H and O–H groups in total. The van der Waals surface area contributed by atoms with Crippen LogP contribution < -0.4 is 11.1 Å². The van der Waals surface area contributed by atoms with Crippen molar-refractivity contribution in [1.82, 2.24) is 4.90 Å². The molecule has 0 heterocycles. The Morgan fingerprint density at radius 3 is 2.50 bits per heavy atom. The summed E-state index contributed by atoms with van der Waals surface area (Å²) in [6.07, 6.45) is 0. The summed E-state index contributed by atoms with van der Waals surface area (Å²) in [7, 11) is 1.99. The molecule has 4 nitrogen and oxygen atoms in total. The number of hydrogen-bond acceptors (Lipinski definition) is 3. The van der Waals surface area contributed by atoms with Gasteiger partial charge in [-0.1, -0.05) is 26.0 Å². The second-order valence-corrected chi connectivity index (χ2v) is 5.72. The molecule has 1 amide bonds. The molecule has 0 aliphatic rings. The van der Waals surface area contributed by atoms with Crippen molar-refractivity contribution in [2.75, 3.05) is 12.4 Å². The topological polar surface area (TPSA) is 58.4 Å². The molecule has 0 radical (unpaired) electrons. The maximum atomic E-state index is 12.3. The number of benzene rings is 1. The lowest BCUT2D eigenvalue weighted by Gasteiger charge is -2.32. The van der Waals surface area contributed by atoms with Crippen LogP contribution in [0, 0.1) is 5.92 Å². The highest BCUT2D eigenvalue weighted by atomic mass is 16.2. The predicted molar refractivity (Wildman–Crippen MR) is 84.5 cm³/mol. The van der Waals surface area contributed by atoms with Crippen LogP contribution in [0.3, 0.4) is 0 Å². The molecule has 1 aromatic rings. The fourth-order valence-electron chi connectivity index (χ4n) is 2.03. The Labute approximate surface area is 122 Å². The molecule has 1 aromatic carbocycles. The van der Waals surface area contributed by atoms with Gasteiger partial charge in [0.2, 0.25) is 5.91 Å². The van der Waals surface area contributed by atoms with Crippen molar-refractivity contribution in [3.05, 3.63) is 29.8 Å². The third-order valence-corrected chi connectivity index (χ3v) is 4.03. The molecule has 0 spiro atoms. The Balaban J connectivity index is 2.70. The van der Waals surface area contributed by atoms with Crippen molar-refractivity contribution in [3.8, 4) is 0 Å². The maximum Gasteiger partial charge on any atom is 0.241 e. The quantitative estimate of drug-likeness (QED) is 0.839. The predicted octanol–water partition coefficient (Wildman–Crippen LogP) is 2.45. The van der Waals surface area contributed by atoms with Crippen molar-refractivity contribution < 1.29 is 4.79 Å². The smallest absolute Gasteiger partial charge is 0.241 e. The van der Waals surface area contributed by atoms with E-state index in [1.807, 2.05) is 38.2 Å². The summed E-state index contributed by atoms with van der Waals surface area (Å²) >= 11 is 0. The monoisotopic (exact) mass is 277 g/mol. The van der Waals surface area contributed by atoms with E-state index >= 15 is 0 Å². The number of carbonyl (C=O) groups is 1. The van der Waals surface area contributed by atoms with Crippen LogP contribution in [0.15, 0.2) is 24.3 Å². The van der Waals surface area contributed by atoms with E-state index in [4.69, 9.17) is 5.73 Å². The van der Waals surface area contributed by atoms with E-state index in [9.17, 15) is 4.79 Å². The number of carbonyl (C=O) groups excluding carboxylic acids is 1. The Kier molecular flexibility index (Phi) is 6.17. The number of likely N-dealkylation sites (N-methyl/N-ethyl adjacent to an activating group) is 1. The molecule has 0 saturated carbocycles. The summed E-state index contributed by atoms with van der Waals surface area (Å²) in [5, 5.41) is 2.95. The Hall–Kier alpha value is -1.39. The molecule has 20 heavy (non-hydrogen) atoms. The lowest BCUT2D eigenvalue weighted by molar-refractivity contribution is -0.121. The van der Waals surface area contributed by atoms with Crippen LogP contribution in [-0.2, 0) is 11.3 Å². The Morgan fingerprint density at radius 1 is 1.30 bits per heavy atom. The van der Waals surface area contributed by atoms with Gasteiger partial charge in [0, 0.05) is 18.3 Å². The van der Waals surface area contributed by atoms with Crippen molar-refractivity contribution in [2.24, 2.45) is 11.7 Å². The number of amides is 1. The number of hydrogen-bond donors (Lipinski definition) is 2. The summed E-state index contributed by atoms with van der Waals surface area (Å²) in [5.41, 5.74) is 7.42. The summed E-state index contributed by atoms with van der Waals surface area (Å²) in [6, 6.07) is 7.83. The standard InChI is InChI=1S/C16H27N3O/c1-11(2)12(3)19(5)13(4)16(20)18-15-8-6-7-14(9-15)10-17/h6-9,11-13H,10,17H2,1-5H3,(H,18,20). The molecule has 0 saturated heterocycles. The van der Waals surface area contributed by atoms with Crippen LogP contribution in [0.4, 0.5) is 5.69 Å². The van der Waals surface area contributed by atoms with E-state index in [-0.39, 0.29) is 11.9 Å². The van der Waals surface area contributed by atoms with Gasteiger partial charge in [-0.2, -0.15) is 0 Å². The third kappa shape index (κ3) is 4.32. The molecule has 0 aliphatic heterocycles. The van der Waals surface area contributed by atoms with Crippen LogP contribution in [0.5, 0.6) is 0 Å². The molecule has 0 aliphatic carbocycles. The van der Waals surface area contributed by atoms with E-state index in [0.717, 1.165) is 11.3 Å². The van der Waals surface area contributed by atoms with Gasteiger partial charge in [-0.3, -0.25) is 9.69 Å². The average Bonchev–Trinajstić information content (AvgIpc) is 2.44. The second kappa shape index (κ2) is 7.41. The van der Waals surface area contributed by atoms with Crippen LogP contribution in [0.1, 0.15) is 33.3 Å². The van der Waals surface area contributed by atoms with Gasteiger partial charge in [0.05, 0.1) is 6.04 Å². The first kappa shape index (κ1) is 16.7. The van der Waals surface area contributed by atoms with Gasteiger partial charge in [0.15, 0.2) is 0 Å².